The zero-order valence-corrected chi connectivity index (χ0v) is 17.7. The molecule has 0 saturated carbocycles. The normalized spacial score (nSPS) is 10.9. The molecule has 1 N–H and O–H groups in total. The zero-order chi connectivity index (χ0) is 22.3. The van der Waals surface area contributed by atoms with Crippen molar-refractivity contribution in [3.63, 3.8) is 0 Å². The second-order valence-electron chi connectivity index (χ2n) is 6.30. The molecule has 2 aromatic rings. The van der Waals surface area contributed by atoms with E-state index >= 15 is 0 Å². The van der Waals surface area contributed by atoms with Crippen molar-refractivity contribution in [3.8, 4) is 11.5 Å². The number of ether oxygens (including phenoxy) is 4. The lowest BCUT2D eigenvalue weighted by molar-refractivity contribution is -0.137. The molecule has 0 saturated heterocycles. The Kier molecular flexibility index (Phi) is 10.4. The Morgan fingerprint density at radius 3 is 1.45 bits per heavy atom. The van der Waals surface area contributed by atoms with Crippen LogP contribution in [0.3, 0.4) is 0 Å². The van der Waals surface area contributed by atoms with Gasteiger partial charge in [-0.1, -0.05) is 24.3 Å². The first-order valence-corrected chi connectivity index (χ1v) is 9.79. The summed E-state index contributed by atoms with van der Waals surface area (Å²) >= 11 is 0. The average molecular weight is 425 g/mol. The molecule has 0 aliphatic heterocycles. The van der Waals surface area contributed by atoms with E-state index in [0.29, 0.717) is 13.1 Å². The van der Waals surface area contributed by atoms with E-state index in [1.54, 1.807) is 26.4 Å². The lowest BCUT2D eigenvalue weighted by atomic mass is 10.2. The van der Waals surface area contributed by atoms with Gasteiger partial charge in [-0.25, -0.2) is 9.59 Å². The van der Waals surface area contributed by atoms with Crippen LogP contribution in [0, 0.1) is 0 Å². The maximum absolute atomic E-state index is 11.7. The Morgan fingerprint density at radius 1 is 0.710 bits per heavy atom. The molecule has 0 unspecified atom stereocenters. The molecule has 0 aliphatic carbocycles. The minimum absolute atomic E-state index is 0.219. The maximum Gasteiger partial charge on any atom is 0.330 e. The maximum atomic E-state index is 11.7. The first kappa shape index (κ1) is 23.7. The van der Waals surface area contributed by atoms with Crippen LogP contribution in [0.1, 0.15) is 11.1 Å². The smallest absolute Gasteiger partial charge is 0.330 e. The highest BCUT2D eigenvalue weighted by Crippen LogP contribution is 2.13. The van der Waals surface area contributed by atoms with Gasteiger partial charge in [-0.2, -0.15) is 0 Å². The first-order valence-electron chi connectivity index (χ1n) is 9.79. The highest BCUT2D eigenvalue weighted by molar-refractivity contribution is 5.87. The summed E-state index contributed by atoms with van der Waals surface area (Å²) in [5.74, 6) is 0.662. The van der Waals surface area contributed by atoms with Gasteiger partial charge < -0.3 is 24.3 Å². The molecular formula is C24H27NO6. The van der Waals surface area contributed by atoms with Crippen molar-refractivity contribution in [1.82, 2.24) is 5.32 Å². The third-order valence-corrected chi connectivity index (χ3v) is 4.10. The van der Waals surface area contributed by atoms with Crippen molar-refractivity contribution >= 4 is 24.1 Å². The number of esters is 2. The van der Waals surface area contributed by atoms with Gasteiger partial charge in [0.15, 0.2) is 0 Å². The van der Waals surface area contributed by atoms with E-state index < -0.39 is 11.9 Å². The highest BCUT2D eigenvalue weighted by Gasteiger charge is 1.99. The van der Waals surface area contributed by atoms with Crippen molar-refractivity contribution in [2.75, 3.05) is 40.5 Å². The van der Waals surface area contributed by atoms with Crippen molar-refractivity contribution in [2.24, 2.45) is 0 Å². The molecule has 7 nitrogen and oxygen atoms in total. The van der Waals surface area contributed by atoms with Crippen LogP contribution in [0.25, 0.3) is 12.2 Å². The van der Waals surface area contributed by atoms with E-state index in [0.717, 1.165) is 22.6 Å². The van der Waals surface area contributed by atoms with Gasteiger partial charge in [-0.05, 0) is 47.5 Å². The molecule has 0 aliphatic rings. The van der Waals surface area contributed by atoms with Gasteiger partial charge in [-0.3, -0.25) is 0 Å². The summed E-state index contributed by atoms with van der Waals surface area (Å²) in [6.45, 7) is 1.36. The summed E-state index contributed by atoms with van der Waals surface area (Å²) in [7, 11) is 3.20. The Labute approximate surface area is 182 Å². The van der Waals surface area contributed by atoms with Crippen LogP contribution in [-0.2, 0) is 19.1 Å². The van der Waals surface area contributed by atoms with E-state index in [4.69, 9.17) is 18.9 Å². The molecule has 0 atom stereocenters. The molecule has 0 heterocycles. The van der Waals surface area contributed by atoms with E-state index in [1.165, 1.54) is 12.2 Å². The van der Waals surface area contributed by atoms with Gasteiger partial charge in [0.05, 0.1) is 14.2 Å². The number of nitrogens with one attached hydrogen (secondary N) is 1. The fraction of sp³-hybridized carbons (Fsp3) is 0.250. The topological polar surface area (TPSA) is 83.1 Å². The number of benzene rings is 2. The van der Waals surface area contributed by atoms with Crippen molar-refractivity contribution in [3.05, 3.63) is 71.8 Å². The number of hydrogen-bond donors (Lipinski definition) is 1. The van der Waals surface area contributed by atoms with Crippen LogP contribution in [-0.4, -0.2) is 52.5 Å². The molecule has 0 spiro atoms. The molecule has 0 radical (unpaired) electrons. The SMILES string of the molecule is COc1ccc(/C=C\C(=O)OCCNCCOC(=O)/C=C/c2ccc(OC)cc2)cc1. The summed E-state index contributed by atoms with van der Waals surface area (Å²) in [4.78, 5) is 23.4. The zero-order valence-electron chi connectivity index (χ0n) is 17.7. The lowest BCUT2D eigenvalue weighted by Gasteiger charge is -2.05. The molecule has 0 bridgehead atoms. The van der Waals surface area contributed by atoms with Crippen LogP contribution in [0.5, 0.6) is 11.5 Å². The first-order chi connectivity index (χ1) is 15.1. The quantitative estimate of drug-likeness (QED) is 0.318. The minimum Gasteiger partial charge on any atom is -0.497 e. The van der Waals surface area contributed by atoms with Crippen LogP contribution in [0.15, 0.2) is 60.7 Å². The minimum atomic E-state index is -0.423. The predicted octanol–water partition coefficient (Wildman–Crippen LogP) is 3.11. The summed E-state index contributed by atoms with van der Waals surface area (Å²) in [6, 6.07) is 14.6. The fourth-order valence-corrected chi connectivity index (χ4v) is 2.43. The Bertz CT molecular complexity index is 798. The average Bonchev–Trinajstić information content (AvgIpc) is 2.81. The van der Waals surface area contributed by atoms with Gasteiger partial charge in [0.1, 0.15) is 24.7 Å². The summed E-state index contributed by atoms with van der Waals surface area (Å²) in [5, 5.41) is 3.04. The van der Waals surface area contributed by atoms with Gasteiger partial charge >= 0.3 is 11.9 Å². The Balaban J connectivity index is 1.53. The highest BCUT2D eigenvalue weighted by atomic mass is 16.5. The number of hydrogen-bond acceptors (Lipinski definition) is 7. The van der Waals surface area contributed by atoms with Gasteiger partial charge in [0, 0.05) is 25.2 Å². The van der Waals surface area contributed by atoms with Crippen LogP contribution < -0.4 is 14.8 Å². The van der Waals surface area contributed by atoms with Crippen LogP contribution >= 0.6 is 0 Å². The van der Waals surface area contributed by atoms with Gasteiger partial charge in [0.2, 0.25) is 0 Å². The summed E-state index contributed by atoms with van der Waals surface area (Å²) < 4.78 is 20.4. The predicted molar refractivity (Wildman–Crippen MR) is 119 cm³/mol. The lowest BCUT2D eigenvalue weighted by Crippen LogP contribution is -2.25. The molecule has 7 heteroatoms. The molecule has 2 aromatic carbocycles. The summed E-state index contributed by atoms with van der Waals surface area (Å²) in [6.07, 6.45) is 6.10. The second-order valence-corrected chi connectivity index (χ2v) is 6.30. The molecule has 0 fully saturated rings. The van der Waals surface area contributed by atoms with E-state index in [9.17, 15) is 9.59 Å². The van der Waals surface area contributed by atoms with Crippen LogP contribution in [0.4, 0.5) is 0 Å². The third kappa shape index (κ3) is 9.64. The standard InChI is InChI=1S/C24H27NO6/c1-28-21-9-3-19(4-10-21)7-13-23(26)30-17-15-25-16-18-31-24(27)14-8-20-5-11-22(29-2)12-6-20/h3-14,25H,15-18H2,1-2H3/b13-7-,14-8+. The van der Waals surface area contributed by atoms with E-state index in [2.05, 4.69) is 5.32 Å². The number of methoxy groups -OCH3 is 2. The van der Waals surface area contributed by atoms with Crippen LogP contribution in [0.2, 0.25) is 0 Å². The van der Waals surface area contributed by atoms with Crippen molar-refractivity contribution in [2.45, 2.75) is 0 Å². The monoisotopic (exact) mass is 425 g/mol. The fourth-order valence-electron chi connectivity index (χ4n) is 2.43. The van der Waals surface area contributed by atoms with Crippen molar-refractivity contribution < 1.29 is 28.5 Å². The summed E-state index contributed by atoms with van der Waals surface area (Å²) in [5.41, 5.74) is 1.75. The molecule has 164 valence electrons. The molecule has 31 heavy (non-hydrogen) atoms. The van der Waals surface area contributed by atoms with E-state index in [-0.39, 0.29) is 13.2 Å². The Hall–Kier alpha value is -3.58. The van der Waals surface area contributed by atoms with Gasteiger partial charge in [-0.15, -0.1) is 0 Å². The number of rotatable bonds is 12. The van der Waals surface area contributed by atoms with Crippen molar-refractivity contribution in [1.29, 1.82) is 0 Å². The largest absolute Gasteiger partial charge is 0.497 e. The molecule has 0 aromatic heterocycles. The molecule has 0 amide bonds. The van der Waals surface area contributed by atoms with E-state index in [1.807, 2.05) is 48.5 Å². The second kappa shape index (κ2) is 13.6. The molecular weight excluding hydrogens is 398 g/mol. The number of carbonyl (C=O) groups excluding carboxylic acids is 2. The Morgan fingerprint density at radius 2 is 1.10 bits per heavy atom. The van der Waals surface area contributed by atoms with Gasteiger partial charge in [0.25, 0.3) is 0 Å². The number of carbonyl (C=O) groups is 2. The molecule has 2 rings (SSSR count). The third-order valence-electron chi connectivity index (χ3n) is 4.10.